The molecule has 0 saturated carbocycles. The van der Waals surface area contributed by atoms with E-state index in [4.69, 9.17) is 42.4 Å². The van der Waals surface area contributed by atoms with Gasteiger partial charge in [0.15, 0.2) is 16.3 Å². The first-order chi connectivity index (χ1) is 20.2. The number of benzene rings is 3. The second kappa shape index (κ2) is 13.0. The van der Waals surface area contributed by atoms with Crippen molar-refractivity contribution in [2.75, 3.05) is 14.2 Å². The van der Waals surface area contributed by atoms with Crippen LogP contribution in [-0.2, 0) is 16.1 Å². The van der Waals surface area contributed by atoms with E-state index < -0.39 is 12.0 Å². The Hall–Kier alpha value is -3.12. The smallest absolute Gasteiger partial charge is 0.338 e. The lowest BCUT2D eigenvalue weighted by atomic mass is 9.95. The van der Waals surface area contributed by atoms with Gasteiger partial charge >= 0.3 is 5.97 Å². The predicted octanol–water partition coefficient (Wildman–Crippen LogP) is 6.30. The molecule has 0 fully saturated rings. The van der Waals surface area contributed by atoms with Crippen LogP contribution in [0.2, 0.25) is 10.0 Å². The van der Waals surface area contributed by atoms with Crippen LogP contribution in [0.15, 0.2) is 81.7 Å². The molecule has 1 aromatic heterocycles. The molecule has 42 heavy (non-hydrogen) atoms. The van der Waals surface area contributed by atoms with Crippen molar-refractivity contribution in [1.29, 1.82) is 0 Å². The number of thiazole rings is 1. The molecule has 0 amide bonds. The van der Waals surface area contributed by atoms with Gasteiger partial charge in [-0.3, -0.25) is 9.36 Å². The minimum atomic E-state index is -0.678. The van der Waals surface area contributed by atoms with Gasteiger partial charge in [-0.25, -0.2) is 9.79 Å². The second-order valence-electron chi connectivity index (χ2n) is 9.26. The molecule has 0 spiro atoms. The summed E-state index contributed by atoms with van der Waals surface area (Å²) < 4.78 is 19.9. The van der Waals surface area contributed by atoms with Crippen molar-refractivity contribution >= 4 is 69.2 Å². The van der Waals surface area contributed by atoms with Gasteiger partial charge < -0.3 is 14.2 Å². The van der Waals surface area contributed by atoms with Crippen LogP contribution in [0.4, 0.5) is 0 Å². The van der Waals surface area contributed by atoms with Crippen LogP contribution in [0.25, 0.3) is 6.08 Å². The van der Waals surface area contributed by atoms with Gasteiger partial charge in [0, 0.05) is 9.13 Å². The molecule has 1 atom stereocenters. The van der Waals surface area contributed by atoms with E-state index in [2.05, 4.69) is 22.6 Å². The van der Waals surface area contributed by atoms with E-state index in [9.17, 15) is 9.59 Å². The first kappa shape index (κ1) is 30.3. The minimum absolute atomic E-state index is 0.201. The van der Waals surface area contributed by atoms with Crippen LogP contribution in [-0.4, -0.2) is 24.8 Å². The Labute approximate surface area is 269 Å². The Balaban J connectivity index is 1.67. The number of rotatable bonds is 8. The Morgan fingerprint density at radius 3 is 2.52 bits per heavy atom. The predicted molar refractivity (Wildman–Crippen MR) is 173 cm³/mol. The summed E-state index contributed by atoms with van der Waals surface area (Å²) >= 11 is 15.7. The molecule has 1 aliphatic rings. The number of carbonyl (C=O) groups is 1. The largest absolute Gasteiger partial charge is 0.493 e. The zero-order valence-corrected chi connectivity index (χ0v) is 27.3. The van der Waals surface area contributed by atoms with E-state index in [-0.39, 0.29) is 12.2 Å². The number of carbonyl (C=O) groups excluding carboxylic acids is 1. The summed E-state index contributed by atoms with van der Waals surface area (Å²) in [4.78, 5) is 32.3. The molecule has 0 radical (unpaired) electrons. The third-order valence-corrected chi connectivity index (χ3v) is 9.03. The van der Waals surface area contributed by atoms with Crippen molar-refractivity contribution < 1.29 is 19.0 Å². The molecule has 4 aromatic rings. The summed E-state index contributed by atoms with van der Waals surface area (Å²) in [6, 6.07) is 17.8. The fraction of sp³-hybridized carbons (Fsp3) is 0.194. The lowest BCUT2D eigenvalue weighted by Crippen LogP contribution is -2.40. The van der Waals surface area contributed by atoms with E-state index >= 15 is 0 Å². The van der Waals surface area contributed by atoms with Crippen molar-refractivity contribution in [1.82, 2.24) is 4.57 Å². The molecule has 7 nitrogen and oxygen atoms in total. The van der Waals surface area contributed by atoms with Gasteiger partial charge in [-0.1, -0.05) is 77.9 Å². The number of hydrogen-bond donors (Lipinski definition) is 0. The topological polar surface area (TPSA) is 79.1 Å². The van der Waals surface area contributed by atoms with Gasteiger partial charge in [0.2, 0.25) is 0 Å². The van der Waals surface area contributed by atoms with Crippen molar-refractivity contribution in [2.45, 2.75) is 26.0 Å². The lowest BCUT2D eigenvalue weighted by Gasteiger charge is -2.25. The van der Waals surface area contributed by atoms with Crippen LogP contribution >= 0.6 is 57.1 Å². The molecule has 0 bridgehead atoms. The highest BCUT2D eigenvalue weighted by atomic mass is 127. The molecule has 0 saturated heterocycles. The summed E-state index contributed by atoms with van der Waals surface area (Å²) in [5, 5.41) is 0.887. The van der Waals surface area contributed by atoms with E-state index in [1.165, 1.54) is 18.4 Å². The number of esters is 1. The summed E-state index contributed by atoms with van der Waals surface area (Å²) in [7, 11) is 2.90. The third kappa shape index (κ3) is 6.01. The quantitative estimate of drug-likeness (QED) is 0.157. The Morgan fingerprint density at radius 1 is 1.10 bits per heavy atom. The minimum Gasteiger partial charge on any atom is -0.493 e. The first-order valence-corrected chi connectivity index (χ1v) is 15.5. The zero-order valence-electron chi connectivity index (χ0n) is 22.8. The summed E-state index contributed by atoms with van der Waals surface area (Å²) in [6.45, 7) is 2.13. The number of methoxy groups -OCH3 is 2. The number of ether oxygens (including phenoxy) is 3. The maximum Gasteiger partial charge on any atom is 0.338 e. The monoisotopic (exact) mass is 734 g/mol. The first-order valence-electron chi connectivity index (χ1n) is 12.9. The normalized spacial score (nSPS) is 14.8. The molecule has 11 heteroatoms. The molecule has 2 heterocycles. The summed E-state index contributed by atoms with van der Waals surface area (Å²) in [5.74, 6) is 0.474. The molecule has 0 N–H and O–H groups in total. The number of fused-ring (bicyclic) bond motifs is 1. The van der Waals surface area contributed by atoms with E-state index in [1.54, 1.807) is 29.9 Å². The van der Waals surface area contributed by atoms with Crippen LogP contribution in [0, 0.1) is 3.57 Å². The van der Waals surface area contributed by atoms with Crippen LogP contribution in [0.3, 0.4) is 0 Å². The molecule has 5 rings (SSSR count). The second-order valence-corrected chi connectivity index (χ2v) is 12.3. The maximum absolute atomic E-state index is 14.1. The molecule has 0 unspecified atom stereocenters. The van der Waals surface area contributed by atoms with E-state index in [0.29, 0.717) is 54.1 Å². The number of nitrogens with zero attached hydrogens (tertiary/aromatic N) is 2. The fourth-order valence-electron chi connectivity index (χ4n) is 4.74. The Morgan fingerprint density at radius 2 is 1.86 bits per heavy atom. The van der Waals surface area contributed by atoms with E-state index in [0.717, 1.165) is 14.7 Å². The van der Waals surface area contributed by atoms with Gasteiger partial charge in [-0.15, -0.1) is 0 Å². The molecule has 216 valence electrons. The van der Waals surface area contributed by atoms with Crippen molar-refractivity contribution in [3.05, 3.63) is 122 Å². The number of allylic oxidation sites excluding steroid dienone is 1. The SMILES string of the molecule is CCC1=C(C(=O)OC)[C@H](c2ccccc2)n2c(s/c(=C/c3cc(I)cc(OC)c3OCc3ccc(Cl)c(Cl)c3)c2=O)=N1. The van der Waals surface area contributed by atoms with Gasteiger partial charge in [-0.2, -0.15) is 0 Å². The fourth-order valence-corrected chi connectivity index (χ4v) is 6.69. The Kier molecular flexibility index (Phi) is 9.41. The number of halogens is 3. The average Bonchev–Trinajstić information content (AvgIpc) is 3.31. The molecular formula is C31H25Cl2IN2O5S. The van der Waals surface area contributed by atoms with Crippen molar-refractivity contribution in [2.24, 2.45) is 4.99 Å². The number of aromatic nitrogens is 1. The van der Waals surface area contributed by atoms with Gasteiger partial charge in [0.1, 0.15) is 6.61 Å². The van der Waals surface area contributed by atoms with Crippen LogP contribution < -0.4 is 24.4 Å². The maximum atomic E-state index is 14.1. The van der Waals surface area contributed by atoms with Crippen LogP contribution in [0.1, 0.15) is 36.1 Å². The summed E-state index contributed by atoms with van der Waals surface area (Å²) in [5.41, 5.74) is 2.92. The highest BCUT2D eigenvalue weighted by Gasteiger charge is 2.33. The van der Waals surface area contributed by atoms with Crippen molar-refractivity contribution in [3.63, 3.8) is 0 Å². The van der Waals surface area contributed by atoms with Crippen LogP contribution in [0.5, 0.6) is 11.5 Å². The average molecular weight is 735 g/mol. The molecule has 1 aliphatic heterocycles. The molecular weight excluding hydrogens is 710 g/mol. The lowest BCUT2D eigenvalue weighted by molar-refractivity contribution is -0.136. The molecule has 3 aromatic carbocycles. The highest BCUT2D eigenvalue weighted by Crippen LogP contribution is 2.36. The Bertz CT molecular complexity index is 1890. The van der Waals surface area contributed by atoms with Gasteiger partial charge in [0.05, 0.1) is 46.1 Å². The van der Waals surface area contributed by atoms with Crippen molar-refractivity contribution in [3.8, 4) is 11.5 Å². The number of hydrogen-bond acceptors (Lipinski definition) is 7. The van der Waals surface area contributed by atoms with E-state index in [1.807, 2.05) is 55.5 Å². The standard InChI is InChI=1S/C31H25Cl2IN2O5S/c1-4-23-26(30(38)40-3)27(18-8-6-5-7-9-18)36-29(37)25(42-31(36)35-23)14-19-13-20(34)15-24(39-2)28(19)41-16-17-10-11-21(32)22(33)12-17/h5-15,27H,4,16H2,1-3H3/b25-14+/t27-/m0/s1. The highest BCUT2D eigenvalue weighted by molar-refractivity contribution is 14.1. The van der Waals surface area contributed by atoms with Gasteiger partial charge in [0.25, 0.3) is 5.56 Å². The summed E-state index contributed by atoms with van der Waals surface area (Å²) in [6.07, 6.45) is 2.27. The molecule has 0 aliphatic carbocycles. The zero-order chi connectivity index (χ0) is 30.0. The van der Waals surface area contributed by atoms with Gasteiger partial charge in [-0.05, 0) is 70.5 Å². The third-order valence-electron chi connectivity index (χ3n) is 6.69.